The third-order valence-corrected chi connectivity index (χ3v) is 3.15. The van der Waals surface area contributed by atoms with E-state index in [1.54, 1.807) is 7.05 Å². The third-order valence-electron chi connectivity index (χ3n) is 3.15. The van der Waals surface area contributed by atoms with Crippen molar-refractivity contribution in [3.8, 4) is 0 Å². The van der Waals surface area contributed by atoms with E-state index in [1.165, 1.54) is 0 Å². The van der Waals surface area contributed by atoms with E-state index in [0.717, 1.165) is 6.42 Å². The van der Waals surface area contributed by atoms with E-state index in [4.69, 9.17) is 0 Å². The van der Waals surface area contributed by atoms with Gasteiger partial charge in [-0.3, -0.25) is 4.79 Å². The van der Waals surface area contributed by atoms with Gasteiger partial charge in [-0.1, -0.05) is 6.42 Å². The highest BCUT2D eigenvalue weighted by Crippen LogP contribution is 2.27. The van der Waals surface area contributed by atoms with Crippen LogP contribution in [0.2, 0.25) is 0 Å². The first-order chi connectivity index (χ1) is 7.92. The lowest BCUT2D eigenvalue weighted by atomic mass is 9.88. The van der Waals surface area contributed by atoms with Gasteiger partial charge in [0.2, 0.25) is 5.91 Å². The summed E-state index contributed by atoms with van der Waals surface area (Å²) in [6, 6.07) is -0.246. The van der Waals surface area contributed by atoms with Crippen LogP contribution in [0.5, 0.6) is 0 Å². The first-order valence-corrected chi connectivity index (χ1v) is 5.94. The van der Waals surface area contributed by atoms with Crippen LogP contribution in [-0.2, 0) is 4.79 Å². The maximum Gasteiger partial charge on any atom is 0.389 e. The lowest BCUT2D eigenvalue weighted by Gasteiger charge is -2.29. The van der Waals surface area contributed by atoms with Gasteiger partial charge in [-0.2, -0.15) is 13.2 Å². The van der Waals surface area contributed by atoms with Crippen molar-refractivity contribution in [2.24, 2.45) is 5.92 Å². The lowest BCUT2D eigenvalue weighted by Crippen LogP contribution is -2.47. The number of halogens is 3. The number of carbonyl (C=O) groups is 1. The molecule has 1 rings (SSSR count). The maximum absolute atomic E-state index is 12.0. The first-order valence-electron chi connectivity index (χ1n) is 5.94. The molecule has 0 aromatic carbocycles. The molecule has 0 spiro atoms. The van der Waals surface area contributed by atoms with Crippen molar-refractivity contribution in [1.82, 2.24) is 10.6 Å². The molecule has 17 heavy (non-hydrogen) atoms. The minimum atomic E-state index is -4.06. The molecule has 0 bridgehead atoms. The molecule has 1 heterocycles. The van der Waals surface area contributed by atoms with Gasteiger partial charge in [0.15, 0.2) is 0 Å². The zero-order valence-electron chi connectivity index (χ0n) is 9.94. The molecule has 0 aliphatic carbocycles. The van der Waals surface area contributed by atoms with Crippen LogP contribution < -0.4 is 10.6 Å². The number of rotatable bonds is 4. The van der Waals surface area contributed by atoms with Gasteiger partial charge in [0.1, 0.15) is 0 Å². The van der Waals surface area contributed by atoms with Crippen LogP contribution in [0.4, 0.5) is 13.2 Å². The van der Waals surface area contributed by atoms with Crippen molar-refractivity contribution < 1.29 is 18.0 Å². The van der Waals surface area contributed by atoms with Crippen molar-refractivity contribution in [3.05, 3.63) is 0 Å². The van der Waals surface area contributed by atoms with E-state index >= 15 is 0 Å². The van der Waals surface area contributed by atoms with Crippen LogP contribution in [0.1, 0.15) is 32.1 Å². The predicted octanol–water partition coefficient (Wildman–Crippen LogP) is 1.83. The zero-order chi connectivity index (χ0) is 12.9. The Balaban J connectivity index is 2.28. The van der Waals surface area contributed by atoms with E-state index in [0.29, 0.717) is 19.4 Å². The predicted molar refractivity (Wildman–Crippen MR) is 58.5 cm³/mol. The van der Waals surface area contributed by atoms with Crippen molar-refractivity contribution in [3.63, 3.8) is 0 Å². The quantitative estimate of drug-likeness (QED) is 0.801. The van der Waals surface area contributed by atoms with Gasteiger partial charge in [-0.15, -0.1) is 0 Å². The van der Waals surface area contributed by atoms with Crippen molar-refractivity contribution in [2.75, 3.05) is 13.6 Å². The molecule has 2 atom stereocenters. The second kappa shape index (κ2) is 6.23. The summed E-state index contributed by atoms with van der Waals surface area (Å²) < 4.78 is 36.0. The number of hydrogen-bond donors (Lipinski definition) is 2. The molecule has 1 amide bonds. The lowest BCUT2D eigenvalue weighted by molar-refractivity contribution is -0.136. The Morgan fingerprint density at radius 1 is 1.47 bits per heavy atom. The summed E-state index contributed by atoms with van der Waals surface area (Å²) in [6.45, 7) is 0.703. The fourth-order valence-electron chi connectivity index (χ4n) is 2.22. The molecule has 2 unspecified atom stereocenters. The molecule has 1 fully saturated rings. The van der Waals surface area contributed by atoms with Crippen LogP contribution in [0.3, 0.4) is 0 Å². The fourth-order valence-corrected chi connectivity index (χ4v) is 2.22. The summed E-state index contributed by atoms with van der Waals surface area (Å²) in [4.78, 5) is 11.4. The smallest absolute Gasteiger partial charge is 0.358 e. The molecule has 0 saturated carbocycles. The normalized spacial score (nSPS) is 25.6. The third kappa shape index (κ3) is 5.39. The highest BCUT2D eigenvalue weighted by atomic mass is 19.4. The molecule has 2 N–H and O–H groups in total. The van der Waals surface area contributed by atoms with Crippen LogP contribution in [0.25, 0.3) is 0 Å². The number of amides is 1. The summed E-state index contributed by atoms with van der Waals surface area (Å²) in [5, 5.41) is 5.63. The minimum Gasteiger partial charge on any atom is -0.358 e. The van der Waals surface area contributed by atoms with E-state index in [9.17, 15) is 18.0 Å². The Labute approximate surface area is 99.1 Å². The average molecular weight is 252 g/mol. The molecule has 1 saturated heterocycles. The molecule has 1 aliphatic heterocycles. The summed E-state index contributed by atoms with van der Waals surface area (Å²) in [5.41, 5.74) is 0. The monoisotopic (exact) mass is 252 g/mol. The molecular weight excluding hydrogens is 233 g/mol. The van der Waals surface area contributed by atoms with Gasteiger partial charge in [0.25, 0.3) is 0 Å². The van der Waals surface area contributed by atoms with Gasteiger partial charge in [-0.25, -0.2) is 0 Å². The van der Waals surface area contributed by atoms with Crippen molar-refractivity contribution >= 4 is 5.91 Å². The molecule has 3 nitrogen and oxygen atoms in total. The van der Waals surface area contributed by atoms with E-state index in [2.05, 4.69) is 10.6 Å². The number of piperidine rings is 1. The largest absolute Gasteiger partial charge is 0.389 e. The Bertz CT molecular complexity index is 256. The fraction of sp³-hybridized carbons (Fsp3) is 0.909. The summed E-state index contributed by atoms with van der Waals surface area (Å²) in [5.74, 6) is 0.145. The Kier molecular flexibility index (Phi) is 5.24. The second-order valence-electron chi connectivity index (χ2n) is 4.52. The highest BCUT2D eigenvalue weighted by molar-refractivity contribution is 5.81. The Morgan fingerprint density at radius 2 is 2.18 bits per heavy atom. The average Bonchev–Trinajstić information content (AvgIpc) is 2.27. The number of hydrogen-bond acceptors (Lipinski definition) is 2. The molecule has 100 valence electrons. The van der Waals surface area contributed by atoms with Gasteiger partial charge in [0.05, 0.1) is 6.04 Å². The molecule has 0 radical (unpaired) electrons. The van der Waals surface area contributed by atoms with Crippen LogP contribution in [-0.4, -0.2) is 31.7 Å². The van der Waals surface area contributed by atoms with Crippen LogP contribution >= 0.6 is 0 Å². The van der Waals surface area contributed by atoms with Gasteiger partial charge >= 0.3 is 6.18 Å². The highest BCUT2D eigenvalue weighted by Gasteiger charge is 2.29. The summed E-state index contributed by atoms with van der Waals surface area (Å²) >= 11 is 0. The maximum atomic E-state index is 12.0. The molecular formula is C11H19F3N2O. The first kappa shape index (κ1) is 14.3. The SMILES string of the molecule is CNC(=O)C1CC(CCCC(F)(F)F)CCN1. The molecule has 0 aromatic rings. The van der Waals surface area contributed by atoms with Gasteiger partial charge < -0.3 is 10.6 Å². The number of likely N-dealkylation sites (N-methyl/N-ethyl adjacent to an activating group) is 1. The number of nitrogens with one attached hydrogen (secondary N) is 2. The minimum absolute atomic E-state index is 0.0782. The van der Waals surface area contributed by atoms with E-state index < -0.39 is 12.6 Å². The van der Waals surface area contributed by atoms with Crippen LogP contribution in [0, 0.1) is 5.92 Å². The Morgan fingerprint density at radius 3 is 2.76 bits per heavy atom. The van der Waals surface area contributed by atoms with E-state index in [-0.39, 0.29) is 24.3 Å². The Hall–Kier alpha value is -0.780. The molecule has 6 heteroatoms. The van der Waals surface area contributed by atoms with Gasteiger partial charge in [-0.05, 0) is 31.7 Å². The zero-order valence-corrected chi connectivity index (χ0v) is 9.94. The second-order valence-corrected chi connectivity index (χ2v) is 4.52. The number of alkyl halides is 3. The molecule has 1 aliphatic rings. The summed E-state index contributed by atoms with van der Waals surface area (Å²) in [6.07, 6.45) is -2.58. The van der Waals surface area contributed by atoms with E-state index in [1.807, 2.05) is 0 Å². The van der Waals surface area contributed by atoms with Crippen LogP contribution in [0.15, 0.2) is 0 Å². The summed E-state index contributed by atoms with van der Waals surface area (Å²) in [7, 11) is 1.57. The standard InChI is InChI=1S/C11H19F3N2O/c1-15-10(17)9-7-8(4-6-16-9)3-2-5-11(12,13)14/h8-9,16H,2-7H2,1H3,(H,15,17). The number of carbonyl (C=O) groups excluding carboxylic acids is 1. The topological polar surface area (TPSA) is 41.1 Å². The van der Waals surface area contributed by atoms with Crippen molar-refractivity contribution in [2.45, 2.75) is 44.3 Å². The van der Waals surface area contributed by atoms with Crippen molar-refractivity contribution in [1.29, 1.82) is 0 Å². The molecule has 0 aromatic heterocycles. The van der Waals surface area contributed by atoms with Gasteiger partial charge in [0, 0.05) is 13.5 Å².